The Morgan fingerprint density at radius 3 is 3.14 bits per heavy atom. The Balaban J connectivity index is 2.57. The minimum absolute atomic E-state index is 0.263. The summed E-state index contributed by atoms with van der Waals surface area (Å²) >= 11 is 3.43. The van der Waals surface area contributed by atoms with Crippen molar-refractivity contribution in [3.63, 3.8) is 0 Å². The smallest absolute Gasteiger partial charge is 0.368 e. The quantitative estimate of drug-likeness (QED) is 0.571. The van der Waals surface area contributed by atoms with E-state index in [9.17, 15) is 4.79 Å². The highest BCUT2D eigenvalue weighted by atomic mass is 32.1. The maximum absolute atomic E-state index is 11.1. The summed E-state index contributed by atoms with van der Waals surface area (Å²) in [7, 11) is 1.92. The topological polar surface area (TPSA) is 44.1 Å². The second-order valence-electron chi connectivity index (χ2n) is 2.93. The molecule has 0 radical (unpaired) electrons. The fourth-order valence-corrected chi connectivity index (χ4v) is 1.42. The molecule has 0 aliphatic carbocycles. The van der Waals surface area contributed by atoms with Crippen LogP contribution in [0.15, 0.2) is 24.5 Å². The largest absolute Gasteiger partial charge is 0.390 e. The van der Waals surface area contributed by atoms with Crippen molar-refractivity contribution in [2.24, 2.45) is 7.05 Å². The number of hydrogen-bond acceptors (Lipinski definition) is 4. The Morgan fingerprint density at radius 1 is 1.64 bits per heavy atom. The lowest BCUT2D eigenvalue weighted by molar-refractivity contribution is 0.0766. The lowest BCUT2D eigenvalue weighted by Gasteiger charge is -1.98. The minimum Gasteiger partial charge on any atom is -0.390 e. The van der Waals surface area contributed by atoms with Gasteiger partial charge in [0.15, 0.2) is 0 Å². The molecule has 0 amide bonds. The number of carbonyl (C=O) groups excluding carboxylic acids is 1. The van der Waals surface area contributed by atoms with Gasteiger partial charge >= 0.3 is 5.97 Å². The number of aryl methyl sites for hydroxylation is 1. The summed E-state index contributed by atoms with van der Waals surface area (Å²) in [5, 5.41) is 0.955. The summed E-state index contributed by atoms with van der Waals surface area (Å²) in [6.07, 6.45) is 3.54. The number of thiol groups is 1. The van der Waals surface area contributed by atoms with Crippen LogP contribution in [0, 0.1) is 0 Å². The predicted octanol–water partition coefficient (Wildman–Crippen LogP) is 1.57. The van der Waals surface area contributed by atoms with Gasteiger partial charge in [-0.25, -0.2) is 9.78 Å². The van der Waals surface area contributed by atoms with Crippen molar-refractivity contribution >= 4 is 29.8 Å². The van der Waals surface area contributed by atoms with Crippen LogP contribution < -0.4 is 0 Å². The van der Waals surface area contributed by atoms with Gasteiger partial charge in [0.25, 0.3) is 0 Å². The van der Waals surface area contributed by atoms with Gasteiger partial charge in [-0.2, -0.15) is 0 Å². The van der Waals surface area contributed by atoms with Crippen molar-refractivity contribution < 1.29 is 8.98 Å². The molecule has 72 valence electrons. The molecule has 4 nitrogen and oxygen atoms in total. The van der Waals surface area contributed by atoms with Gasteiger partial charge < -0.3 is 8.75 Å². The van der Waals surface area contributed by atoms with Crippen LogP contribution in [0.2, 0.25) is 0 Å². The normalized spacial score (nSPS) is 10.4. The highest BCUT2D eigenvalue weighted by molar-refractivity contribution is 7.75. The van der Waals surface area contributed by atoms with E-state index in [2.05, 4.69) is 22.1 Å². The van der Waals surface area contributed by atoms with Gasteiger partial charge in [-0.05, 0) is 12.1 Å². The van der Waals surface area contributed by atoms with Crippen molar-refractivity contribution in [2.45, 2.75) is 0 Å². The van der Waals surface area contributed by atoms with E-state index in [4.69, 9.17) is 0 Å². The first-order valence-corrected chi connectivity index (χ1v) is 4.35. The molecule has 0 spiro atoms. The third-order valence-corrected chi connectivity index (χ3v) is 2.23. The van der Waals surface area contributed by atoms with Gasteiger partial charge in [-0.15, -0.1) is 0 Å². The van der Waals surface area contributed by atoms with Crippen molar-refractivity contribution in [3.05, 3.63) is 30.2 Å². The van der Waals surface area contributed by atoms with Gasteiger partial charge in [0.1, 0.15) is 5.69 Å². The van der Waals surface area contributed by atoms with Crippen LogP contribution in [0.3, 0.4) is 0 Å². The average molecular weight is 208 g/mol. The van der Waals surface area contributed by atoms with Crippen LogP contribution >= 0.6 is 12.9 Å². The summed E-state index contributed by atoms with van der Waals surface area (Å²) in [5.41, 5.74) is 1.24. The lowest BCUT2D eigenvalue weighted by atomic mass is 10.2. The van der Waals surface area contributed by atoms with E-state index in [1.165, 1.54) is 0 Å². The number of carbonyl (C=O) groups is 1. The molecule has 0 aromatic carbocycles. The summed E-state index contributed by atoms with van der Waals surface area (Å²) in [5.74, 6) is -0.543. The van der Waals surface area contributed by atoms with E-state index in [0.717, 1.165) is 10.9 Å². The summed E-state index contributed by atoms with van der Waals surface area (Å²) in [6, 6.07) is 3.58. The number of rotatable bonds is 1. The Labute approximate surface area is 86.1 Å². The molecule has 0 unspecified atom stereocenters. The van der Waals surface area contributed by atoms with E-state index in [1.54, 1.807) is 12.3 Å². The lowest BCUT2D eigenvalue weighted by Crippen LogP contribution is -2.01. The standard InChI is InChI=1S/C9H8N2O2S/c1-11-3-2-6-4-7(9(12)13-14)10-5-8(6)11/h2-5,14H,1H3. The van der Waals surface area contributed by atoms with Gasteiger partial charge in [-0.1, -0.05) is 0 Å². The first-order chi connectivity index (χ1) is 6.72. The maximum atomic E-state index is 11.1. The van der Waals surface area contributed by atoms with E-state index in [-0.39, 0.29) is 5.69 Å². The first kappa shape index (κ1) is 9.08. The molecule has 0 atom stereocenters. The molecule has 0 saturated carbocycles. The van der Waals surface area contributed by atoms with Crippen LogP contribution in [0.1, 0.15) is 10.5 Å². The van der Waals surface area contributed by atoms with Gasteiger partial charge in [0, 0.05) is 31.5 Å². The molecule has 0 N–H and O–H groups in total. The number of nitrogens with zero attached hydrogens (tertiary/aromatic N) is 2. The predicted molar refractivity (Wildman–Crippen MR) is 55.1 cm³/mol. The van der Waals surface area contributed by atoms with Crippen molar-refractivity contribution in [1.29, 1.82) is 0 Å². The zero-order valence-corrected chi connectivity index (χ0v) is 8.36. The van der Waals surface area contributed by atoms with Crippen LogP contribution in [-0.2, 0) is 11.2 Å². The number of fused-ring (bicyclic) bond motifs is 1. The highest BCUT2D eigenvalue weighted by Gasteiger charge is 2.09. The molecule has 0 fully saturated rings. The summed E-state index contributed by atoms with van der Waals surface area (Å²) in [6.45, 7) is 0. The van der Waals surface area contributed by atoms with Crippen molar-refractivity contribution in [2.75, 3.05) is 0 Å². The summed E-state index contributed by atoms with van der Waals surface area (Å²) in [4.78, 5) is 15.1. The fourth-order valence-electron chi connectivity index (χ4n) is 1.32. The van der Waals surface area contributed by atoms with Crippen LogP contribution in [0.5, 0.6) is 0 Å². The molecule has 0 bridgehead atoms. The second-order valence-corrected chi connectivity index (χ2v) is 3.12. The van der Waals surface area contributed by atoms with Crippen LogP contribution in [-0.4, -0.2) is 15.5 Å². The Kier molecular flexibility index (Phi) is 2.17. The zero-order chi connectivity index (χ0) is 10.1. The average Bonchev–Trinajstić information content (AvgIpc) is 2.59. The molecule has 2 aromatic heterocycles. The van der Waals surface area contributed by atoms with E-state index in [0.29, 0.717) is 0 Å². The fraction of sp³-hybridized carbons (Fsp3) is 0.111. The van der Waals surface area contributed by atoms with Crippen LogP contribution in [0.25, 0.3) is 10.9 Å². The van der Waals surface area contributed by atoms with Gasteiger partial charge in [0.05, 0.1) is 11.7 Å². The third kappa shape index (κ3) is 1.35. The molecule has 0 aliphatic rings. The molecular formula is C9H8N2O2S. The highest BCUT2D eigenvalue weighted by Crippen LogP contribution is 2.14. The van der Waals surface area contributed by atoms with E-state index in [1.807, 2.05) is 23.9 Å². The number of hydrogen-bond donors (Lipinski definition) is 1. The monoisotopic (exact) mass is 208 g/mol. The molecule has 0 saturated heterocycles. The summed E-state index contributed by atoms with van der Waals surface area (Å²) < 4.78 is 6.21. The molecule has 14 heavy (non-hydrogen) atoms. The molecule has 2 heterocycles. The second kappa shape index (κ2) is 3.34. The van der Waals surface area contributed by atoms with E-state index >= 15 is 0 Å². The number of pyridine rings is 1. The van der Waals surface area contributed by atoms with Crippen LogP contribution in [0.4, 0.5) is 0 Å². The third-order valence-electron chi connectivity index (χ3n) is 2.06. The van der Waals surface area contributed by atoms with Gasteiger partial charge in [-0.3, -0.25) is 0 Å². The first-order valence-electron chi connectivity index (χ1n) is 3.99. The Hall–Kier alpha value is -1.49. The zero-order valence-electron chi connectivity index (χ0n) is 7.47. The Bertz CT molecular complexity index is 493. The Morgan fingerprint density at radius 2 is 2.43 bits per heavy atom. The SMILES string of the molecule is Cn1ccc2cc(C(=O)OS)ncc21. The molecular weight excluding hydrogens is 200 g/mol. The maximum Gasteiger partial charge on any atom is 0.368 e. The van der Waals surface area contributed by atoms with Gasteiger partial charge in [0.2, 0.25) is 0 Å². The number of aromatic nitrogens is 2. The van der Waals surface area contributed by atoms with E-state index < -0.39 is 5.97 Å². The minimum atomic E-state index is -0.543. The van der Waals surface area contributed by atoms with Crippen molar-refractivity contribution in [3.8, 4) is 0 Å². The van der Waals surface area contributed by atoms with Crippen molar-refractivity contribution in [1.82, 2.24) is 9.55 Å². The molecule has 0 aliphatic heterocycles. The molecule has 5 heteroatoms. The molecule has 2 rings (SSSR count). The molecule has 2 aromatic rings.